The van der Waals surface area contributed by atoms with Crippen molar-refractivity contribution >= 4 is 57.2 Å². The highest BCUT2D eigenvalue weighted by atomic mass is 127. The zero-order chi connectivity index (χ0) is 16.9. The largest absolute Gasteiger partial charge is 0.454 e. The van der Waals surface area contributed by atoms with Crippen LogP contribution in [-0.4, -0.2) is 31.3 Å². The van der Waals surface area contributed by atoms with Gasteiger partial charge in [-0.05, 0) is 40.5 Å². The Morgan fingerprint density at radius 1 is 1.36 bits per heavy atom. The molecule has 2 N–H and O–H groups in total. The van der Waals surface area contributed by atoms with E-state index in [1.165, 1.54) is 4.88 Å². The summed E-state index contributed by atoms with van der Waals surface area (Å²) in [6, 6.07) is 4.00. The quantitative estimate of drug-likeness (QED) is 0.346. The second kappa shape index (κ2) is 9.58. The van der Waals surface area contributed by atoms with Crippen molar-refractivity contribution in [3.8, 4) is 11.5 Å². The lowest BCUT2D eigenvalue weighted by Gasteiger charge is -2.12. The first-order valence-corrected chi connectivity index (χ1v) is 9.20. The predicted octanol–water partition coefficient (Wildman–Crippen LogP) is 3.47. The smallest absolute Gasteiger partial charge is 0.231 e. The maximum Gasteiger partial charge on any atom is 0.231 e. The topological polar surface area (TPSA) is 67.8 Å². The molecule has 2 aromatic rings. The number of fused-ring (bicyclic) bond motifs is 1. The molecule has 0 amide bonds. The van der Waals surface area contributed by atoms with Gasteiger partial charge in [0.2, 0.25) is 6.79 Å². The van der Waals surface area contributed by atoms with Crippen LogP contribution in [0.25, 0.3) is 0 Å². The standard InChI is InChI=1S/C16H19BrN4O2S.HI/c1-10-7-20-14(24-10)3-4-19-16(18-2)21-8-11-5-12(17)15-13(6-11)22-9-23-15;/h5-7H,3-4,8-9H2,1-2H3,(H2,18,19,21);1H. The molecule has 0 aliphatic carbocycles. The molecule has 1 aromatic carbocycles. The van der Waals surface area contributed by atoms with Gasteiger partial charge in [0.25, 0.3) is 0 Å². The first-order chi connectivity index (χ1) is 11.7. The minimum Gasteiger partial charge on any atom is -0.454 e. The lowest BCUT2D eigenvalue weighted by Crippen LogP contribution is -2.37. The number of hydrogen-bond acceptors (Lipinski definition) is 5. The third-order valence-electron chi connectivity index (χ3n) is 3.47. The first kappa shape index (κ1) is 20.2. The highest BCUT2D eigenvalue weighted by Gasteiger charge is 2.17. The molecule has 1 aliphatic rings. The number of benzene rings is 1. The van der Waals surface area contributed by atoms with Crippen molar-refractivity contribution in [1.29, 1.82) is 0 Å². The number of aromatic nitrogens is 1. The van der Waals surface area contributed by atoms with Gasteiger partial charge in [-0.15, -0.1) is 35.3 Å². The van der Waals surface area contributed by atoms with Gasteiger partial charge in [0.1, 0.15) is 0 Å². The van der Waals surface area contributed by atoms with Crippen LogP contribution in [0.15, 0.2) is 27.8 Å². The highest BCUT2D eigenvalue weighted by molar-refractivity contribution is 14.0. The SMILES string of the molecule is CN=C(NCCc1ncc(C)s1)NCc1cc(Br)c2c(c1)OCO2.I. The van der Waals surface area contributed by atoms with E-state index in [9.17, 15) is 0 Å². The molecule has 1 aromatic heterocycles. The Bertz CT molecular complexity index is 754. The number of hydrogen-bond donors (Lipinski definition) is 2. The van der Waals surface area contributed by atoms with Crippen LogP contribution in [0.5, 0.6) is 11.5 Å². The van der Waals surface area contributed by atoms with E-state index in [0.29, 0.717) is 6.54 Å². The van der Waals surface area contributed by atoms with Crippen molar-refractivity contribution in [3.05, 3.63) is 38.3 Å². The van der Waals surface area contributed by atoms with Crippen molar-refractivity contribution < 1.29 is 9.47 Å². The summed E-state index contributed by atoms with van der Waals surface area (Å²) in [4.78, 5) is 9.84. The molecule has 0 radical (unpaired) electrons. The molecule has 6 nitrogen and oxygen atoms in total. The van der Waals surface area contributed by atoms with Crippen LogP contribution < -0.4 is 20.1 Å². The molecule has 1 aliphatic heterocycles. The first-order valence-electron chi connectivity index (χ1n) is 7.59. The van der Waals surface area contributed by atoms with Crippen LogP contribution in [0.2, 0.25) is 0 Å². The van der Waals surface area contributed by atoms with E-state index in [1.807, 2.05) is 18.3 Å². The fraction of sp³-hybridized carbons (Fsp3) is 0.375. The number of rotatable bonds is 5. The molecule has 25 heavy (non-hydrogen) atoms. The van der Waals surface area contributed by atoms with Gasteiger partial charge in [0, 0.05) is 37.6 Å². The lowest BCUT2D eigenvalue weighted by atomic mass is 10.2. The molecule has 0 fully saturated rings. The number of guanidine groups is 1. The van der Waals surface area contributed by atoms with E-state index in [4.69, 9.17) is 9.47 Å². The number of thiazole rings is 1. The Hall–Kier alpha value is -1.07. The van der Waals surface area contributed by atoms with Crippen LogP contribution in [0.3, 0.4) is 0 Å². The van der Waals surface area contributed by atoms with Crippen molar-refractivity contribution in [2.45, 2.75) is 19.9 Å². The number of ether oxygens (including phenoxy) is 2. The van der Waals surface area contributed by atoms with Crippen molar-refractivity contribution in [2.24, 2.45) is 4.99 Å². The van der Waals surface area contributed by atoms with E-state index in [0.717, 1.165) is 45.5 Å². The molecule has 9 heteroatoms. The normalized spacial score (nSPS) is 12.7. The monoisotopic (exact) mass is 538 g/mol. The molecule has 0 unspecified atom stereocenters. The Balaban J connectivity index is 0.00000225. The van der Waals surface area contributed by atoms with E-state index in [2.05, 4.69) is 43.5 Å². The van der Waals surface area contributed by atoms with E-state index < -0.39 is 0 Å². The summed E-state index contributed by atoms with van der Waals surface area (Å²) in [5.41, 5.74) is 1.09. The third-order valence-corrected chi connectivity index (χ3v) is 5.03. The van der Waals surface area contributed by atoms with Crippen molar-refractivity contribution in [2.75, 3.05) is 20.4 Å². The maximum atomic E-state index is 5.44. The second-order valence-corrected chi connectivity index (χ2v) is 7.45. The molecule has 3 rings (SSSR count). The summed E-state index contributed by atoms with van der Waals surface area (Å²) in [5, 5.41) is 7.74. The molecule has 2 heterocycles. The van der Waals surface area contributed by atoms with Gasteiger partial charge in [-0.3, -0.25) is 4.99 Å². The van der Waals surface area contributed by atoms with Gasteiger partial charge >= 0.3 is 0 Å². The van der Waals surface area contributed by atoms with Crippen LogP contribution in [0.1, 0.15) is 15.4 Å². The molecule has 0 saturated carbocycles. The van der Waals surface area contributed by atoms with E-state index >= 15 is 0 Å². The van der Waals surface area contributed by atoms with Gasteiger partial charge < -0.3 is 20.1 Å². The van der Waals surface area contributed by atoms with Crippen LogP contribution in [0.4, 0.5) is 0 Å². The molecule has 136 valence electrons. The van der Waals surface area contributed by atoms with Crippen molar-refractivity contribution in [1.82, 2.24) is 15.6 Å². The molecular formula is C16H20BrIN4O2S. The number of nitrogens with one attached hydrogen (secondary N) is 2. The Labute approximate surface area is 176 Å². The molecular weight excluding hydrogens is 519 g/mol. The van der Waals surface area contributed by atoms with Gasteiger partial charge in [-0.2, -0.15) is 0 Å². The minimum atomic E-state index is 0. The Morgan fingerprint density at radius 3 is 2.92 bits per heavy atom. The zero-order valence-corrected chi connectivity index (χ0v) is 18.7. The maximum absolute atomic E-state index is 5.44. The third kappa shape index (κ3) is 5.45. The van der Waals surface area contributed by atoms with Gasteiger partial charge in [-0.1, -0.05) is 0 Å². The Kier molecular flexibility index (Phi) is 7.76. The van der Waals surface area contributed by atoms with Gasteiger partial charge in [-0.25, -0.2) is 4.98 Å². The minimum absolute atomic E-state index is 0. The van der Waals surface area contributed by atoms with E-state index in [1.54, 1.807) is 18.4 Å². The summed E-state index contributed by atoms with van der Waals surface area (Å²) in [6.07, 6.45) is 2.79. The van der Waals surface area contributed by atoms with Crippen molar-refractivity contribution in [3.63, 3.8) is 0 Å². The second-order valence-electron chi connectivity index (χ2n) is 5.28. The Morgan fingerprint density at radius 2 is 2.20 bits per heavy atom. The molecule has 0 spiro atoms. The average molecular weight is 539 g/mol. The van der Waals surface area contributed by atoms with E-state index in [-0.39, 0.29) is 30.8 Å². The molecule has 0 atom stereocenters. The number of halogens is 2. The predicted molar refractivity (Wildman–Crippen MR) is 114 cm³/mol. The highest BCUT2D eigenvalue weighted by Crippen LogP contribution is 2.39. The molecule has 0 bridgehead atoms. The van der Waals surface area contributed by atoms with Crippen LogP contribution in [0, 0.1) is 6.92 Å². The average Bonchev–Trinajstić information content (AvgIpc) is 3.19. The summed E-state index contributed by atoms with van der Waals surface area (Å²) in [6.45, 7) is 3.77. The zero-order valence-electron chi connectivity index (χ0n) is 14.0. The number of aliphatic imine (C=N–C) groups is 1. The van der Waals surface area contributed by atoms with Crippen LogP contribution >= 0.6 is 51.2 Å². The van der Waals surface area contributed by atoms with Gasteiger partial charge in [0.05, 0.1) is 9.48 Å². The fourth-order valence-electron chi connectivity index (χ4n) is 2.33. The number of aryl methyl sites for hydroxylation is 1. The van der Waals surface area contributed by atoms with Crippen LogP contribution in [-0.2, 0) is 13.0 Å². The number of nitrogens with zero attached hydrogens (tertiary/aromatic N) is 2. The summed E-state index contributed by atoms with van der Waals surface area (Å²) < 4.78 is 11.7. The summed E-state index contributed by atoms with van der Waals surface area (Å²) in [7, 11) is 1.76. The fourth-order valence-corrected chi connectivity index (χ4v) is 3.72. The van der Waals surface area contributed by atoms with Gasteiger partial charge in [0.15, 0.2) is 17.5 Å². The molecule has 0 saturated heterocycles. The lowest BCUT2D eigenvalue weighted by molar-refractivity contribution is 0.173. The summed E-state index contributed by atoms with van der Waals surface area (Å²) >= 11 is 5.24. The summed E-state index contributed by atoms with van der Waals surface area (Å²) in [5.74, 6) is 2.29.